The molecule has 1 aliphatic rings. The molecule has 0 saturated carbocycles. The number of pyridine rings is 1. The molecule has 3 heterocycles. The van der Waals surface area contributed by atoms with Crippen LogP contribution in [0.1, 0.15) is 21.5 Å². The average molecular weight is 398 g/mol. The Labute approximate surface area is 173 Å². The van der Waals surface area contributed by atoms with Gasteiger partial charge in [0.2, 0.25) is 0 Å². The van der Waals surface area contributed by atoms with Crippen molar-refractivity contribution < 1.29 is 14.3 Å². The van der Waals surface area contributed by atoms with E-state index in [-0.39, 0.29) is 5.91 Å². The third-order valence-electron chi connectivity index (χ3n) is 4.66. The lowest BCUT2D eigenvalue weighted by molar-refractivity contribution is -0.143. The van der Waals surface area contributed by atoms with Crippen LogP contribution in [0.2, 0.25) is 0 Å². The van der Waals surface area contributed by atoms with Crippen molar-refractivity contribution in [1.29, 1.82) is 0 Å². The van der Waals surface area contributed by atoms with Crippen LogP contribution >= 0.6 is 0 Å². The van der Waals surface area contributed by atoms with Crippen LogP contribution in [0.15, 0.2) is 73.3 Å². The fourth-order valence-corrected chi connectivity index (χ4v) is 3.18. The van der Waals surface area contributed by atoms with Gasteiger partial charge >= 0.3 is 5.97 Å². The Morgan fingerprint density at radius 2 is 2.07 bits per heavy atom. The summed E-state index contributed by atoms with van der Waals surface area (Å²) in [6, 6.07) is 9.98. The first-order valence-corrected chi connectivity index (χ1v) is 9.29. The predicted molar refractivity (Wildman–Crippen MR) is 110 cm³/mol. The Kier molecular flexibility index (Phi) is 5.39. The molecule has 1 aromatic carbocycles. The number of hydrogen-bond donors (Lipinski definition) is 0. The lowest BCUT2D eigenvalue weighted by Crippen LogP contribution is -2.41. The molecule has 148 valence electrons. The number of nitrogens with zero attached hydrogens (tertiary/aromatic N) is 4. The molecule has 2 aromatic heterocycles. The minimum atomic E-state index is -0.724. The summed E-state index contributed by atoms with van der Waals surface area (Å²) in [5.41, 5.74) is 2.57. The highest BCUT2D eigenvalue weighted by molar-refractivity contribution is 5.98. The second-order valence-electron chi connectivity index (χ2n) is 6.53. The second kappa shape index (κ2) is 8.45. The number of benzene rings is 1. The van der Waals surface area contributed by atoms with Crippen LogP contribution in [0.3, 0.4) is 0 Å². The third-order valence-corrected chi connectivity index (χ3v) is 4.66. The summed E-state index contributed by atoms with van der Waals surface area (Å²) in [4.78, 5) is 30.6. The van der Waals surface area contributed by atoms with Crippen LogP contribution in [0.4, 0.5) is 0 Å². The quantitative estimate of drug-likeness (QED) is 0.384. The summed E-state index contributed by atoms with van der Waals surface area (Å²) in [6.07, 6.45) is 10.3. The Morgan fingerprint density at radius 3 is 2.80 bits per heavy atom. The highest BCUT2D eigenvalue weighted by atomic mass is 16.5. The number of ether oxygens (including phenoxy) is 1. The van der Waals surface area contributed by atoms with Crippen LogP contribution in [0.25, 0.3) is 5.69 Å². The number of carbonyl (C=O) groups is 2. The van der Waals surface area contributed by atoms with Crippen molar-refractivity contribution in [3.8, 4) is 17.5 Å². The van der Waals surface area contributed by atoms with Crippen LogP contribution in [0.5, 0.6) is 0 Å². The molecule has 0 N–H and O–H groups in total. The van der Waals surface area contributed by atoms with Crippen molar-refractivity contribution in [3.63, 3.8) is 0 Å². The summed E-state index contributed by atoms with van der Waals surface area (Å²) in [6.45, 7) is 0.343. The lowest BCUT2D eigenvalue weighted by Gasteiger charge is -2.23. The zero-order chi connectivity index (χ0) is 20.9. The molecule has 0 radical (unpaired) electrons. The fraction of sp³-hybridized carbons (Fsp3) is 0.130. The molecule has 1 aliphatic heterocycles. The van der Waals surface area contributed by atoms with Crippen molar-refractivity contribution in [2.24, 2.45) is 0 Å². The number of hydrogen-bond acceptors (Lipinski definition) is 5. The molecule has 0 saturated heterocycles. The first-order chi connectivity index (χ1) is 14.7. The van der Waals surface area contributed by atoms with E-state index in [1.807, 2.05) is 24.4 Å². The molecule has 1 atom stereocenters. The van der Waals surface area contributed by atoms with Crippen LogP contribution < -0.4 is 0 Å². The van der Waals surface area contributed by atoms with Gasteiger partial charge in [0.25, 0.3) is 5.91 Å². The van der Waals surface area contributed by atoms with Gasteiger partial charge in [-0.15, -0.1) is 0 Å². The van der Waals surface area contributed by atoms with Gasteiger partial charge in [-0.2, -0.15) is 5.10 Å². The van der Waals surface area contributed by atoms with E-state index in [0.29, 0.717) is 17.7 Å². The van der Waals surface area contributed by atoms with Crippen LogP contribution in [-0.4, -0.2) is 51.2 Å². The highest BCUT2D eigenvalue weighted by Crippen LogP contribution is 2.20. The minimum absolute atomic E-state index is 0.271. The summed E-state index contributed by atoms with van der Waals surface area (Å²) in [7, 11) is 1.31. The molecule has 1 unspecified atom stereocenters. The van der Waals surface area contributed by atoms with Crippen LogP contribution in [0, 0.1) is 11.8 Å². The standard InChI is InChI=1S/C23H18N4O3/c1-30-23(29)21-6-3-13-26(21)22(28)19-9-10-20(27-14-4-12-25-27)18(15-19)8-7-17-5-2-11-24-16-17/h2-6,9-12,14-16,21H,13H2,1H3. The van der Waals surface area contributed by atoms with E-state index < -0.39 is 12.0 Å². The molecule has 0 fully saturated rings. The van der Waals surface area contributed by atoms with Crippen molar-refractivity contribution in [2.45, 2.75) is 6.04 Å². The first kappa shape index (κ1) is 19.2. The minimum Gasteiger partial charge on any atom is -0.467 e. The van der Waals surface area contributed by atoms with Crippen molar-refractivity contribution >= 4 is 11.9 Å². The molecule has 30 heavy (non-hydrogen) atoms. The van der Waals surface area contributed by atoms with Gasteiger partial charge in [-0.25, -0.2) is 9.48 Å². The Hall–Kier alpha value is -4.18. The monoisotopic (exact) mass is 398 g/mol. The Morgan fingerprint density at radius 1 is 1.17 bits per heavy atom. The van der Waals surface area contributed by atoms with Gasteiger partial charge < -0.3 is 9.64 Å². The number of esters is 1. The van der Waals surface area contributed by atoms with Gasteiger partial charge in [0.05, 0.1) is 18.4 Å². The molecule has 1 amide bonds. The number of amides is 1. The number of methoxy groups -OCH3 is 1. The van der Waals surface area contributed by atoms with Gasteiger partial charge in [0, 0.05) is 42.5 Å². The molecule has 3 aromatic rings. The largest absolute Gasteiger partial charge is 0.467 e. The highest BCUT2D eigenvalue weighted by Gasteiger charge is 2.32. The normalized spacial score (nSPS) is 14.8. The molecule has 0 bridgehead atoms. The molecule has 0 aliphatic carbocycles. The van der Waals surface area contributed by atoms with Gasteiger partial charge in [0.15, 0.2) is 0 Å². The van der Waals surface area contributed by atoms with E-state index in [1.165, 1.54) is 12.0 Å². The van der Waals surface area contributed by atoms with Gasteiger partial charge in [-0.3, -0.25) is 9.78 Å². The van der Waals surface area contributed by atoms with E-state index in [9.17, 15) is 9.59 Å². The predicted octanol–water partition coefficient (Wildman–Crippen LogP) is 2.22. The average Bonchev–Trinajstić information content (AvgIpc) is 3.49. The van der Waals surface area contributed by atoms with E-state index in [4.69, 9.17) is 4.74 Å². The number of carbonyl (C=O) groups excluding carboxylic acids is 2. The number of rotatable bonds is 3. The van der Waals surface area contributed by atoms with Crippen molar-refractivity contribution in [3.05, 3.63) is 90.0 Å². The molecular formula is C23H18N4O3. The first-order valence-electron chi connectivity index (χ1n) is 9.29. The topological polar surface area (TPSA) is 77.3 Å². The van der Waals surface area contributed by atoms with E-state index in [0.717, 1.165) is 11.3 Å². The van der Waals surface area contributed by atoms with E-state index in [1.54, 1.807) is 53.6 Å². The molecular weight excluding hydrogens is 380 g/mol. The Balaban J connectivity index is 1.71. The maximum atomic E-state index is 13.1. The third kappa shape index (κ3) is 3.84. The maximum absolute atomic E-state index is 13.1. The fourth-order valence-electron chi connectivity index (χ4n) is 3.18. The summed E-state index contributed by atoms with van der Waals surface area (Å²) < 4.78 is 6.50. The van der Waals surface area contributed by atoms with Gasteiger partial charge in [-0.05, 0) is 36.4 Å². The zero-order valence-electron chi connectivity index (χ0n) is 16.2. The summed E-state index contributed by atoms with van der Waals surface area (Å²) in [5.74, 6) is 5.45. The molecule has 0 spiro atoms. The van der Waals surface area contributed by atoms with Crippen molar-refractivity contribution in [1.82, 2.24) is 19.7 Å². The lowest BCUT2D eigenvalue weighted by atomic mass is 10.1. The van der Waals surface area contributed by atoms with E-state index >= 15 is 0 Å². The SMILES string of the molecule is COC(=O)C1C=CCN1C(=O)c1ccc(-n2cccn2)c(C#Cc2cccnc2)c1. The van der Waals surface area contributed by atoms with Gasteiger partial charge in [-0.1, -0.05) is 24.0 Å². The number of aromatic nitrogens is 3. The maximum Gasteiger partial charge on any atom is 0.332 e. The zero-order valence-corrected chi connectivity index (χ0v) is 16.2. The second-order valence-corrected chi connectivity index (χ2v) is 6.53. The summed E-state index contributed by atoms with van der Waals surface area (Å²) in [5, 5.41) is 4.27. The summed E-state index contributed by atoms with van der Waals surface area (Å²) >= 11 is 0. The van der Waals surface area contributed by atoms with E-state index in [2.05, 4.69) is 21.9 Å². The molecule has 7 nitrogen and oxygen atoms in total. The molecule has 7 heteroatoms. The molecule has 4 rings (SSSR count). The van der Waals surface area contributed by atoms with Gasteiger partial charge in [0.1, 0.15) is 6.04 Å². The van der Waals surface area contributed by atoms with Crippen LogP contribution in [-0.2, 0) is 9.53 Å². The van der Waals surface area contributed by atoms with Crippen molar-refractivity contribution in [2.75, 3.05) is 13.7 Å². The smallest absolute Gasteiger partial charge is 0.332 e. The Bertz CT molecular complexity index is 1160.